The summed E-state index contributed by atoms with van der Waals surface area (Å²) < 4.78 is 0. The van der Waals surface area contributed by atoms with Crippen LogP contribution in [0.1, 0.15) is 129 Å². The molecule has 3 heteroatoms. The molecule has 2 unspecified atom stereocenters. The number of nitrogens with one attached hydrogen (secondary N) is 1. The normalized spacial score (nSPS) is 13.8. The maximum Gasteiger partial charge on any atom is 0.0664 e. The average molecular weight is 386 g/mol. The van der Waals surface area contributed by atoms with Gasteiger partial charge in [-0.05, 0) is 13.3 Å². The van der Waals surface area contributed by atoms with Crippen LogP contribution in [0.5, 0.6) is 0 Å². The van der Waals surface area contributed by atoms with Gasteiger partial charge in [-0.3, -0.25) is 0 Å². The highest BCUT2D eigenvalue weighted by Crippen LogP contribution is 2.14. The molecule has 3 nitrogen and oxygen atoms in total. The number of aliphatic hydroxyl groups excluding tert-OH is 2. The molecule has 2 atom stereocenters. The molecule has 0 aromatic carbocycles. The first-order valence-corrected chi connectivity index (χ1v) is 12.2. The summed E-state index contributed by atoms with van der Waals surface area (Å²) in [7, 11) is 0. The van der Waals surface area contributed by atoms with Gasteiger partial charge in [0.1, 0.15) is 0 Å². The van der Waals surface area contributed by atoms with Crippen LogP contribution in [0.2, 0.25) is 0 Å². The van der Waals surface area contributed by atoms with Gasteiger partial charge >= 0.3 is 0 Å². The van der Waals surface area contributed by atoms with E-state index in [0.717, 1.165) is 12.8 Å². The van der Waals surface area contributed by atoms with Crippen LogP contribution >= 0.6 is 0 Å². The van der Waals surface area contributed by atoms with E-state index in [4.69, 9.17) is 5.11 Å². The molecule has 0 fully saturated rings. The van der Waals surface area contributed by atoms with E-state index in [1.54, 1.807) is 6.92 Å². The quantitative estimate of drug-likeness (QED) is 0.190. The summed E-state index contributed by atoms with van der Waals surface area (Å²) in [6.45, 7) is 5.21. The Morgan fingerprint density at radius 3 is 1.30 bits per heavy atom. The number of aliphatic hydroxyl groups is 2. The lowest BCUT2D eigenvalue weighted by molar-refractivity contribution is 0.144. The summed E-state index contributed by atoms with van der Waals surface area (Å²) in [5, 5.41) is 22.1. The largest absolute Gasteiger partial charge is 0.392 e. The van der Waals surface area contributed by atoms with Crippen molar-refractivity contribution in [2.75, 3.05) is 13.1 Å². The first-order valence-electron chi connectivity index (χ1n) is 12.2. The van der Waals surface area contributed by atoms with Crippen LogP contribution in [0.4, 0.5) is 0 Å². The summed E-state index contributed by atoms with van der Waals surface area (Å²) in [5.74, 6) is 0. The molecule has 0 aliphatic rings. The molecule has 0 saturated heterocycles. The second kappa shape index (κ2) is 22.2. The molecule has 0 heterocycles. The van der Waals surface area contributed by atoms with Crippen molar-refractivity contribution in [3.63, 3.8) is 0 Å². The van der Waals surface area contributed by atoms with E-state index in [2.05, 4.69) is 12.2 Å². The molecule has 0 spiro atoms. The third-order valence-electron chi connectivity index (χ3n) is 5.46. The molecule has 0 rings (SSSR count). The van der Waals surface area contributed by atoms with Crippen molar-refractivity contribution in [1.29, 1.82) is 0 Å². The Bertz CT molecular complexity index is 271. The first-order chi connectivity index (χ1) is 13.2. The Morgan fingerprint density at radius 1 is 0.556 bits per heavy atom. The SMILES string of the molecule is CCCCCCCCCCCCCCCCCCCC(O)CNCC(C)O. The Hall–Kier alpha value is -0.120. The van der Waals surface area contributed by atoms with E-state index in [1.807, 2.05) is 0 Å². The minimum Gasteiger partial charge on any atom is -0.392 e. The predicted octanol–water partition coefficient (Wildman–Crippen LogP) is 6.36. The van der Waals surface area contributed by atoms with E-state index in [1.165, 1.54) is 103 Å². The van der Waals surface area contributed by atoms with Crippen molar-refractivity contribution in [2.45, 2.75) is 142 Å². The van der Waals surface area contributed by atoms with Gasteiger partial charge in [-0.1, -0.05) is 116 Å². The zero-order valence-electron chi connectivity index (χ0n) is 18.7. The van der Waals surface area contributed by atoms with Gasteiger partial charge in [0, 0.05) is 13.1 Å². The van der Waals surface area contributed by atoms with E-state index in [-0.39, 0.29) is 12.2 Å². The molecular formula is C24H51NO2. The predicted molar refractivity (Wildman–Crippen MR) is 119 cm³/mol. The maximum absolute atomic E-state index is 9.84. The van der Waals surface area contributed by atoms with Gasteiger partial charge in [-0.2, -0.15) is 0 Å². The third kappa shape index (κ3) is 23.8. The molecule has 0 aliphatic heterocycles. The molecule has 0 amide bonds. The molecule has 0 aromatic rings. The first kappa shape index (κ1) is 26.9. The van der Waals surface area contributed by atoms with Crippen molar-refractivity contribution < 1.29 is 10.2 Å². The second-order valence-corrected chi connectivity index (χ2v) is 8.61. The van der Waals surface area contributed by atoms with Gasteiger partial charge in [-0.25, -0.2) is 0 Å². The Morgan fingerprint density at radius 2 is 0.926 bits per heavy atom. The number of unbranched alkanes of at least 4 members (excludes halogenated alkanes) is 16. The number of rotatable bonds is 22. The van der Waals surface area contributed by atoms with Crippen LogP contribution in [0.15, 0.2) is 0 Å². The van der Waals surface area contributed by atoms with E-state index in [0.29, 0.717) is 13.1 Å². The topological polar surface area (TPSA) is 52.5 Å². The fourth-order valence-corrected chi connectivity index (χ4v) is 3.67. The number of hydrogen-bond acceptors (Lipinski definition) is 3. The highest BCUT2D eigenvalue weighted by atomic mass is 16.3. The molecular weight excluding hydrogens is 334 g/mol. The van der Waals surface area contributed by atoms with Gasteiger partial charge in [0.05, 0.1) is 12.2 Å². The molecule has 3 N–H and O–H groups in total. The lowest BCUT2D eigenvalue weighted by atomic mass is 10.0. The standard InChI is InChI=1S/C24H51NO2/c1-3-4-5-6-7-8-9-10-11-12-13-14-15-16-17-18-19-20-24(27)22-25-21-23(2)26/h23-27H,3-22H2,1-2H3. The summed E-state index contributed by atoms with van der Waals surface area (Å²) in [6, 6.07) is 0. The summed E-state index contributed by atoms with van der Waals surface area (Å²) in [6.07, 6.45) is 23.9. The van der Waals surface area contributed by atoms with Crippen LogP contribution in [0, 0.1) is 0 Å². The lowest BCUT2D eigenvalue weighted by Crippen LogP contribution is -2.31. The van der Waals surface area contributed by atoms with Gasteiger partial charge in [0.2, 0.25) is 0 Å². The van der Waals surface area contributed by atoms with Crippen molar-refractivity contribution >= 4 is 0 Å². The van der Waals surface area contributed by atoms with Crippen LogP contribution in [0.25, 0.3) is 0 Å². The summed E-state index contributed by atoms with van der Waals surface area (Å²) >= 11 is 0. The monoisotopic (exact) mass is 385 g/mol. The van der Waals surface area contributed by atoms with Crippen molar-refractivity contribution in [3.05, 3.63) is 0 Å². The minimum absolute atomic E-state index is 0.264. The molecule has 0 bridgehead atoms. The van der Waals surface area contributed by atoms with Crippen LogP contribution in [0.3, 0.4) is 0 Å². The molecule has 0 aliphatic carbocycles. The molecule has 164 valence electrons. The Balaban J connectivity index is 3.08. The van der Waals surface area contributed by atoms with Gasteiger partial charge in [0.15, 0.2) is 0 Å². The van der Waals surface area contributed by atoms with Crippen LogP contribution in [-0.4, -0.2) is 35.5 Å². The van der Waals surface area contributed by atoms with Crippen LogP contribution in [-0.2, 0) is 0 Å². The third-order valence-corrected chi connectivity index (χ3v) is 5.46. The second-order valence-electron chi connectivity index (χ2n) is 8.61. The Labute approximate surface area is 170 Å². The van der Waals surface area contributed by atoms with Gasteiger partial charge < -0.3 is 15.5 Å². The lowest BCUT2D eigenvalue weighted by Gasteiger charge is -2.12. The summed E-state index contributed by atoms with van der Waals surface area (Å²) in [4.78, 5) is 0. The summed E-state index contributed by atoms with van der Waals surface area (Å²) in [5.41, 5.74) is 0. The molecule has 0 saturated carbocycles. The van der Waals surface area contributed by atoms with Crippen molar-refractivity contribution in [1.82, 2.24) is 5.32 Å². The fraction of sp³-hybridized carbons (Fsp3) is 1.00. The molecule has 0 aromatic heterocycles. The highest BCUT2D eigenvalue weighted by molar-refractivity contribution is 4.61. The Kier molecular flexibility index (Phi) is 22.1. The zero-order chi connectivity index (χ0) is 20.0. The zero-order valence-corrected chi connectivity index (χ0v) is 18.7. The highest BCUT2D eigenvalue weighted by Gasteiger charge is 2.04. The van der Waals surface area contributed by atoms with Gasteiger partial charge in [-0.15, -0.1) is 0 Å². The molecule has 27 heavy (non-hydrogen) atoms. The van der Waals surface area contributed by atoms with Crippen LogP contribution < -0.4 is 5.32 Å². The van der Waals surface area contributed by atoms with Crippen molar-refractivity contribution in [3.8, 4) is 0 Å². The number of hydrogen-bond donors (Lipinski definition) is 3. The fourth-order valence-electron chi connectivity index (χ4n) is 3.67. The smallest absolute Gasteiger partial charge is 0.0664 e. The van der Waals surface area contributed by atoms with E-state index >= 15 is 0 Å². The van der Waals surface area contributed by atoms with Gasteiger partial charge in [0.25, 0.3) is 0 Å². The molecule has 0 radical (unpaired) electrons. The minimum atomic E-state index is -0.336. The van der Waals surface area contributed by atoms with E-state index in [9.17, 15) is 5.11 Å². The van der Waals surface area contributed by atoms with E-state index < -0.39 is 0 Å². The van der Waals surface area contributed by atoms with Crippen molar-refractivity contribution in [2.24, 2.45) is 0 Å². The maximum atomic E-state index is 9.84. The average Bonchev–Trinajstić information content (AvgIpc) is 2.64.